The van der Waals surface area contributed by atoms with Crippen LogP contribution in [0.1, 0.15) is 38.2 Å². The highest BCUT2D eigenvalue weighted by molar-refractivity contribution is 14.0. The van der Waals surface area contributed by atoms with E-state index in [0.29, 0.717) is 12.6 Å². The van der Waals surface area contributed by atoms with Crippen LogP contribution in [-0.4, -0.2) is 56.7 Å². The van der Waals surface area contributed by atoms with E-state index in [1.165, 1.54) is 44.5 Å². The topological polar surface area (TPSA) is 48.9 Å². The highest BCUT2D eigenvalue weighted by atomic mass is 127. The van der Waals surface area contributed by atoms with E-state index in [0.717, 1.165) is 24.7 Å². The predicted molar refractivity (Wildman–Crippen MR) is 121 cm³/mol. The smallest absolute Gasteiger partial charge is 0.191 e. The number of rotatable bonds is 8. The summed E-state index contributed by atoms with van der Waals surface area (Å²) in [6, 6.07) is 8.72. The van der Waals surface area contributed by atoms with Crippen LogP contribution in [0.25, 0.3) is 0 Å². The molecule has 0 unspecified atom stereocenters. The van der Waals surface area contributed by atoms with Crippen LogP contribution in [0.15, 0.2) is 29.3 Å². The van der Waals surface area contributed by atoms with Crippen LogP contribution in [0.2, 0.25) is 0 Å². The van der Waals surface area contributed by atoms with Gasteiger partial charge in [0.2, 0.25) is 0 Å². The molecular formula is C20H35IN4O. The van der Waals surface area contributed by atoms with Crippen molar-refractivity contribution < 1.29 is 4.74 Å². The van der Waals surface area contributed by atoms with E-state index in [9.17, 15) is 0 Å². The van der Waals surface area contributed by atoms with E-state index in [4.69, 9.17) is 4.74 Å². The van der Waals surface area contributed by atoms with Crippen LogP contribution in [0.3, 0.4) is 0 Å². The number of likely N-dealkylation sites (tertiary alicyclic amines) is 1. The maximum absolute atomic E-state index is 5.76. The molecule has 148 valence electrons. The third-order valence-corrected chi connectivity index (χ3v) is 4.60. The van der Waals surface area contributed by atoms with Gasteiger partial charge in [-0.3, -0.25) is 4.99 Å². The van der Waals surface area contributed by atoms with Crippen LogP contribution in [0.4, 0.5) is 0 Å². The first-order valence-electron chi connectivity index (χ1n) is 9.60. The summed E-state index contributed by atoms with van der Waals surface area (Å²) in [7, 11) is 1.84. The summed E-state index contributed by atoms with van der Waals surface area (Å²) in [6.45, 7) is 9.50. The molecule has 2 rings (SSSR count). The molecule has 0 atom stereocenters. The molecule has 0 spiro atoms. The zero-order valence-corrected chi connectivity index (χ0v) is 18.8. The van der Waals surface area contributed by atoms with E-state index in [2.05, 4.69) is 46.5 Å². The molecule has 0 amide bonds. The van der Waals surface area contributed by atoms with Crippen LogP contribution in [0, 0.1) is 6.92 Å². The molecule has 0 aromatic heterocycles. The molecule has 1 aromatic rings. The molecule has 0 bridgehead atoms. The SMILES string of the molecule is CCCN1CCC(NC(=NC)NCCCOc2ccc(C)cc2)CC1.I. The average molecular weight is 474 g/mol. The summed E-state index contributed by atoms with van der Waals surface area (Å²) < 4.78 is 5.76. The quantitative estimate of drug-likeness (QED) is 0.263. The van der Waals surface area contributed by atoms with E-state index < -0.39 is 0 Å². The molecule has 0 radical (unpaired) electrons. The molecule has 1 fully saturated rings. The Bertz CT molecular complexity index is 513. The third kappa shape index (κ3) is 8.58. The second kappa shape index (κ2) is 13.2. The van der Waals surface area contributed by atoms with Gasteiger partial charge < -0.3 is 20.3 Å². The molecule has 1 aromatic carbocycles. The lowest BCUT2D eigenvalue weighted by atomic mass is 10.1. The largest absolute Gasteiger partial charge is 0.494 e. The predicted octanol–water partition coefficient (Wildman–Crippen LogP) is 3.42. The summed E-state index contributed by atoms with van der Waals surface area (Å²) in [5, 5.41) is 6.95. The number of guanidine groups is 1. The van der Waals surface area contributed by atoms with Crippen molar-refractivity contribution in [2.24, 2.45) is 4.99 Å². The number of aryl methyl sites for hydroxylation is 1. The van der Waals surface area contributed by atoms with Gasteiger partial charge >= 0.3 is 0 Å². The lowest BCUT2D eigenvalue weighted by Gasteiger charge is -2.32. The van der Waals surface area contributed by atoms with Gasteiger partial charge in [0.15, 0.2) is 5.96 Å². The van der Waals surface area contributed by atoms with Crippen molar-refractivity contribution in [3.8, 4) is 5.75 Å². The highest BCUT2D eigenvalue weighted by Crippen LogP contribution is 2.12. The minimum atomic E-state index is 0. The molecule has 1 aliphatic rings. The monoisotopic (exact) mass is 474 g/mol. The minimum absolute atomic E-state index is 0. The number of nitrogens with zero attached hydrogens (tertiary/aromatic N) is 2. The second-order valence-electron chi connectivity index (χ2n) is 6.77. The average Bonchev–Trinajstić information content (AvgIpc) is 2.63. The molecule has 26 heavy (non-hydrogen) atoms. The van der Waals surface area contributed by atoms with Crippen LogP contribution in [-0.2, 0) is 0 Å². The number of piperidine rings is 1. The molecule has 0 saturated carbocycles. The van der Waals surface area contributed by atoms with Gasteiger partial charge in [0.05, 0.1) is 6.61 Å². The van der Waals surface area contributed by atoms with E-state index >= 15 is 0 Å². The van der Waals surface area contributed by atoms with Crippen molar-refractivity contribution in [1.82, 2.24) is 15.5 Å². The standard InChI is InChI=1S/C20H34N4O.HI/c1-4-13-24-14-10-18(11-15-24)23-20(21-3)22-12-5-16-25-19-8-6-17(2)7-9-19;/h6-9,18H,4-5,10-16H2,1-3H3,(H2,21,22,23);1H. The van der Waals surface area contributed by atoms with Gasteiger partial charge in [-0.2, -0.15) is 0 Å². The Morgan fingerprint density at radius 2 is 1.92 bits per heavy atom. The zero-order chi connectivity index (χ0) is 17.9. The van der Waals surface area contributed by atoms with Crippen LogP contribution < -0.4 is 15.4 Å². The number of benzene rings is 1. The Morgan fingerprint density at radius 3 is 2.54 bits per heavy atom. The van der Waals surface area contributed by atoms with Gasteiger partial charge in [-0.05, 0) is 51.3 Å². The summed E-state index contributed by atoms with van der Waals surface area (Å²) in [6.07, 6.45) is 4.57. The van der Waals surface area contributed by atoms with Crippen molar-refractivity contribution >= 4 is 29.9 Å². The maximum Gasteiger partial charge on any atom is 0.191 e. The van der Waals surface area contributed by atoms with Crippen molar-refractivity contribution in [2.75, 3.05) is 39.8 Å². The summed E-state index contributed by atoms with van der Waals surface area (Å²) in [5.41, 5.74) is 1.25. The fourth-order valence-electron chi connectivity index (χ4n) is 3.11. The van der Waals surface area contributed by atoms with Gasteiger partial charge in [0, 0.05) is 32.7 Å². The Balaban J connectivity index is 0.00000338. The first-order chi connectivity index (χ1) is 12.2. The Hall–Kier alpha value is -1.02. The third-order valence-electron chi connectivity index (χ3n) is 4.60. The lowest BCUT2D eigenvalue weighted by molar-refractivity contribution is 0.206. The molecule has 1 aliphatic heterocycles. The minimum Gasteiger partial charge on any atom is -0.494 e. The molecule has 5 nitrogen and oxygen atoms in total. The second-order valence-corrected chi connectivity index (χ2v) is 6.77. The Morgan fingerprint density at radius 1 is 1.23 bits per heavy atom. The van der Waals surface area contributed by atoms with Gasteiger partial charge in [-0.15, -0.1) is 24.0 Å². The molecule has 1 heterocycles. The fourth-order valence-corrected chi connectivity index (χ4v) is 3.11. The van der Waals surface area contributed by atoms with Gasteiger partial charge in [0.25, 0.3) is 0 Å². The summed E-state index contributed by atoms with van der Waals surface area (Å²) >= 11 is 0. The van der Waals surface area contributed by atoms with Gasteiger partial charge in [0.1, 0.15) is 5.75 Å². The molecule has 0 aliphatic carbocycles. The Labute approximate surface area is 176 Å². The molecule has 6 heteroatoms. The van der Waals surface area contributed by atoms with E-state index in [1.807, 2.05) is 19.2 Å². The zero-order valence-electron chi connectivity index (χ0n) is 16.5. The van der Waals surface area contributed by atoms with Crippen LogP contribution in [0.5, 0.6) is 5.75 Å². The Kier molecular flexibility index (Phi) is 11.7. The van der Waals surface area contributed by atoms with Gasteiger partial charge in [-0.25, -0.2) is 0 Å². The van der Waals surface area contributed by atoms with Crippen molar-refractivity contribution in [3.63, 3.8) is 0 Å². The fraction of sp³-hybridized carbons (Fsp3) is 0.650. The van der Waals surface area contributed by atoms with Crippen LogP contribution >= 0.6 is 24.0 Å². The van der Waals surface area contributed by atoms with Gasteiger partial charge in [-0.1, -0.05) is 24.6 Å². The first-order valence-corrected chi connectivity index (χ1v) is 9.60. The first kappa shape index (κ1) is 23.0. The number of halogens is 1. The van der Waals surface area contributed by atoms with Crippen molar-refractivity contribution in [2.45, 2.75) is 45.6 Å². The summed E-state index contributed by atoms with van der Waals surface area (Å²) in [5.74, 6) is 1.84. The lowest BCUT2D eigenvalue weighted by Crippen LogP contribution is -2.49. The molecular weight excluding hydrogens is 439 g/mol. The van der Waals surface area contributed by atoms with Crippen molar-refractivity contribution in [1.29, 1.82) is 0 Å². The maximum atomic E-state index is 5.76. The van der Waals surface area contributed by atoms with E-state index in [1.54, 1.807) is 0 Å². The molecule has 2 N–H and O–H groups in total. The molecule has 1 saturated heterocycles. The number of aliphatic imine (C=N–C) groups is 1. The van der Waals surface area contributed by atoms with E-state index in [-0.39, 0.29) is 24.0 Å². The number of ether oxygens (including phenoxy) is 1. The normalized spacial score (nSPS) is 16.0. The van der Waals surface area contributed by atoms with Crippen molar-refractivity contribution in [3.05, 3.63) is 29.8 Å². The summed E-state index contributed by atoms with van der Waals surface area (Å²) in [4.78, 5) is 6.90. The highest BCUT2D eigenvalue weighted by Gasteiger charge is 2.19. The number of hydrogen-bond donors (Lipinski definition) is 2. The number of nitrogens with one attached hydrogen (secondary N) is 2. The number of hydrogen-bond acceptors (Lipinski definition) is 3.